The van der Waals surface area contributed by atoms with Crippen molar-refractivity contribution in [2.75, 3.05) is 19.0 Å². The largest absolute Gasteiger partial charge is 0.481 e. The minimum absolute atomic E-state index is 0.569. The van der Waals surface area contributed by atoms with Crippen molar-refractivity contribution in [1.29, 1.82) is 0 Å². The van der Waals surface area contributed by atoms with Crippen LogP contribution in [0.2, 0.25) is 0 Å². The molecular formula is C14H18O3S. The van der Waals surface area contributed by atoms with Crippen LogP contribution in [0.5, 0.6) is 0 Å². The third-order valence-electron chi connectivity index (χ3n) is 3.50. The highest BCUT2D eigenvalue weighted by molar-refractivity contribution is 7.99. The quantitative estimate of drug-likeness (QED) is 0.832. The van der Waals surface area contributed by atoms with Gasteiger partial charge >= 0.3 is 5.97 Å². The van der Waals surface area contributed by atoms with Gasteiger partial charge in [0.15, 0.2) is 0 Å². The third kappa shape index (κ3) is 3.27. The summed E-state index contributed by atoms with van der Waals surface area (Å²) in [6.07, 6.45) is 1.99. The highest BCUT2D eigenvalue weighted by atomic mass is 32.2. The van der Waals surface area contributed by atoms with Crippen LogP contribution in [0.4, 0.5) is 0 Å². The fraction of sp³-hybridized carbons (Fsp3) is 0.500. The van der Waals surface area contributed by atoms with Crippen molar-refractivity contribution < 1.29 is 14.6 Å². The first-order valence-electron chi connectivity index (χ1n) is 6.22. The van der Waals surface area contributed by atoms with E-state index in [0.717, 1.165) is 5.75 Å². The lowest BCUT2D eigenvalue weighted by Crippen LogP contribution is -2.37. The predicted molar refractivity (Wildman–Crippen MR) is 71.9 cm³/mol. The second kappa shape index (κ2) is 6.25. The molecule has 0 saturated carbocycles. The van der Waals surface area contributed by atoms with Crippen molar-refractivity contribution in [3.05, 3.63) is 30.3 Å². The van der Waals surface area contributed by atoms with Gasteiger partial charge in [-0.05, 0) is 37.1 Å². The van der Waals surface area contributed by atoms with E-state index < -0.39 is 11.4 Å². The van der Waals surface area contributed by atoms with Crippen molar-refractivity contribution in [3.8, 4) is 0 Å². The molecule has 98 valence electrons. The molecule has 1 aromatic carbocycles. The van der Waals surface area contributed by atoms with E-state index in [2.05, 4.69) is 12.1 Å². The number of carboxylic acids is 1. The minimum Gasteiger partial charge on any atom is -0.481 e. The van der Waals surface area contributed by atoms with Crippen molar-refractivity contribution in [2.24, 2.45) is 5.41 Å². The van der Waals surface area contributed by atoms with Gasteiger partial charge in [0.25, 0.3) is 0 Å². The molecule has 4 heteroatoms. The third-order valence-corrected chi connectivity index (χ3v) is 4.51. The molecule has 0 amide bonds. The lowest BCUT2D eigenvalue weighted by molar-refractivity contribution is -0.155. The molecule has 1 saturated heterocycles. The molecule has 1 aliphatic rings. The average Bonchev–Trinajstić information content (AvgIpc) is 2.41. The number of carboxylic acid groups (broad SMARTS) is 1. The number of thioether (sulfide) groups is 1. The normalized spacial score (nSPS) is 18.4. The first-order chi connectivity index (χ1) is 8.73. The number of aliphatic carboxylic acids is 1. The van der Waals surface area contributed by atoms with Crippen molar-refractivity contribution in [2.45, 2.75) is 24.2 Å². The topological polar surface area (TPSA) is 46.5 Å². The Labute approximate surface area is 112 Å². The number of hydrogen-bond donors (Lipinski definition) is 1. The molecule has 0 aromatic heterocycles. The van der Waals surface area contributed by atoms with Gasteiger partial charge in [-0.15, -0.1) is 11.8 Å². The molecule has 2 rings (SSSR count). The maximum atomic E-state index is 11.5. The van der Waals surface area contributed by atoms with E-state index in [0.29, 0.717) is 32.5 Å². The number of carbonyl (C=O) groups is 1. The minimum atomic E-state index is -0.667. The van der Waals surface area contributed by atoms with Gasteiger partial charge in [0.1, 0.15) is 0 Å². The van der Waals surface area contributed by atoms with E-state index in [9.17, 15) is 9.90 Å². The van der Waals surface area contributed by atoms with Gasteiger partial charge in [-0.1, -0.05) is 18.2 Å². The monoisotopic (exact) mass is 266 g/mol. The van der Waals surface area contributed by atoms with Gasteiger partial charge in [0.05, 0.1) is 5.41 Å². The second-order valence-corrected chi connectivity index (χ2v) is 5.78. The Balaban J connectivity index is 1.88. The maximum Gasteiger partial charge on any atom is 0.309 e. The van der Waals surface area contributed by atoms with E-state index in [4.69, 9.17) is 4.74 Å². The standard InChI is InChI=1S/C14H18O3S/c15-13(16)14(6-9-17-10-7-14)8-11-18-12-4-2-1-3-5-12/h1-5H,6-11H2,(H,15,16). The second-order valence-electron chi connectivity index (χ2n) is 4.61. The zero-order valence-electron chi connectivity index (χ0n) is 10.3. The Morgan fingerprint density at radius 3 is 2.56 bits per heavy atom. The molecular weight excluding hydrogens is 248 g/mol. The molecule has 1 N–H and O–H groups in total. The summed E-state index contributed by atoms with van der Waals surface area (Å²) < 4.78 is 5.27. The summed E-state index contributed by atoms with van der Waals surface area (Å²) in [5.74, 6) is 0.176. The smallest absolute Gasteiger partial charge is 0.309 e. The van der Waals surface area contributed by atoms with Gasteiger partial charge in [-0.3, -0.25) is 4.79 Å². The highest BCUT2D eigenvalue weighted by Gasteiger charge is 2.39. The van der Waals surface area contributed by atoms with Gasteiger partial charge in [0.2, 0.25) is 0 Å². The molecule has 0 atom stereocenters. The molecule has 1 heterocycles. The molecule has 3 nitrogen and oxygen atoms in total. The van der Waals surface area contributed by atoms with Crippen LogP contribution in [-0.2, 0) is 9.53 Å². The molecule has 0 bridgehead atoms. The first kappa shape index (κ1) is 13.4. The fourth-order valence-electron chi connectivity index (χ4n) is 2.21. The van der Waals surface area contributed by atoms with E-state index in [1.165, 1.54) is 4.90 Å². The van der Waals surface area contributed by atoms with E-state index >= 15 is 0 Å². The van der Waals surface area contributed by atoms with Gasteiger partial charge in [-0.2, -0.15) is 0 Å². The molecule has 1 fully saturated rings. The van der Waals surface area contributed by atoms with Crippen LogP contribution in [0.3, 0.4) is 0 Å². The summed E-state index contributed by atoms with van der Waals surface area (Å²) in [7, 11) is 0. The summed E-state index contributed by atoms with van der Waals surface area (Å²) in [5, 5.41) is 9.42. The van der Waals surface area contributed by atoms with Crippen molar-refractivity contribution in [3.63, 3.8) is 0 Å². The van der Waals surface area contributed by atoms with Crippen LogP contribution in [0.25, 0.3) is 0 Å². The van der Waals surface area contributed by atoms with Gasteiger partial charge in [-0.25, -0.2) is 0 Å². The maximum absolute atomic E-state index is 11.5. The summed E-state index contributed by atoms with van der Waals surface area (Å²) in [6, 6.07) is 10.1. The molecule has 1 aromatic rings. The van der Waals surface area contributed by atoms with Crippen LogP contribution in [-0.4, -0.2) is 30.0 Å². The summed E-state index contributed by atoms with van der Waals surface area (Å²) in [5.41, 5.74) is -0.569. The van der Waals surface area contributed by atoms with E-state index in [1.807, 2.05) is 18.2 Å². The van der Waals surface area contributed by atoms with Crippen molar-refractivity contribution >= 4 is 17.7 Å². The number of rotatable bonds is 5. The summed E-state index contributed by atoms with van der Waals surface area (Å²) in [6.45, 7) is 1.14. The Kier molecular flexibility index (Phi) is 4.66. The molecule has 0 aliphatic carbocycles. The molecule has 0 unspecified atom stereocenters. The molecule has 0 spiro atoms. The zero-order chi connectivity index (χ0) is 12.8. The van der Waals surface area contributed by atoms with Gasteiger partial charge in [0, 0.05) is 18.1 Å². The predicted octanol–water partition coefficient (Wildman–Crippen LogP) is 3.05. The zero-order valence-corrected chi connectivity index (χ0v) is 11.1. The lowest BCUT2D eigenvalue weighted by Gasteiger charge is -2.32. The van der Waals surface area contributed by atoms with Crippen LogP contribution < -0.4 is 0 Å². The van der Waals surface area contributed by atoms with Crippen LogP contribution in [0, 0.1) is 5.41 Å². The van der Waals surface area contributed by atoms with Crippen LogP contribution in [0.15, 0.2) is 35.2 Å². The lowest BCUT2D eigenvalue weighted by atomic mass is 9.78. The van der Waals surface area contributed by atoms with Crippen LogP contribution >= 0.6 is 11.8 Å². The van der Waals surface area contributed by atoms with Crippen molar-refractivity contribution in [1.82, 2.24) is 0 Å². The Morgan fingerprint density at radius 1 is 1.28 bits per heavy atom. The summed E-state index contributed by atoms with van der Waals surface area (Å²) >= 11 is 1.73. The number of benzene rings is 1. The van der Waals surface area contributed by atoms with E-state index in [-0.39, 0.29) is 0 Å². The summed E-state index contributed by atoms with van der Waals surface area (Å²) in [4.78, 5) is 12.7. The molecule has 18 heavy (non-hydrogen) atoms. The Hall–Kier alpha value is -1.00. The Bertz CT molecular complexity index is 385. The molecule has 0 radical (unpaired) electrons. The number of ether oxygens (including phenoxy) is 1. The molecule has 1 aliphatic heterocycles. The first-order valence-corrected chi connectivity index (χ1v) is 7.20. The fourth-order valence-corrected chi connectivity index (χ4v) is 3.29. The van der Waals surface area contributed by atoms with E-state index in [1.54, 1.807) is 11.8 Å². The Morgan fingerprint density at radius 2 is 1.94 bits per heavy atom. The SMILES string of the molecule is O=C(O)C1(CCSc2ccccc2)CCOCC1. The van der Waals surface area contributed by atoms with Crippen LogP contribution in [0.1, 0.15) is 19.3 Å². The van der Waals surface area contributed by atoms with Gasteiger partial charge < -0.3 is 9.84 Å². The average molecular weight is 266 g/mol. The highest BCUT2D eigenvalue weighted by Crippen LogP contribution is 2.36. The number of hydrogen-bond acceptors (Lipinski definition) is 3.